The van der Waals surface area contributed by atoms with Crippen molar-refractivity contribution >= 4 is 47.2 Å². The fourth-order valence-corrected chi connectivity index (χ4v) is 5.16. The number of carbonyl (C=O) groups excluding carboxylic acids is 5. The molecular weight excluding hydrogens is 540 g/mol. The number of amides is 3. The van der Waals surface area contributed by atoms with E-state index >= 15 is 0 Å². The number of guanidine groups is 1. The summed E-state index contributed by atoms with van der Waals surface area (Å²) < 4.78 is 0. The molecule has 41 heavy (non-hydrogen) atoms. The molecule has 9 N–H and O–H groups in total. The Balaban J connectivity index is 1.55. The summed E-state index contributed by atoms with van der Waals surface area (Å²) in [6.45, 7) is -0.482. The number of allylic oxidation sites excluding steroid dienone is 6. The number of rotatable bonds is 15. The molecule has 15 nitrogen and oxygen atoms in total. The van der Waals surface area contributed by atoms with Gasteiger partial charge < -0.3 is 37.6 Å². The van der Waals surface area contributed by atoms with Crippen LogP contribution in [0.4, 0.5) is 0 Å². The molecule has 0 aromatic carbocycles. The third-order valence-electron chi connectivity index (χ3n) is 6.95. The molecule has 3 aliphatic carbocycles. The van der Waals surface area contributed by atoms with Gasteiger partial charge in [0.2, 0.25) is 17.7 Å². The lowest BCUT2D eigenvalue weighted by molar-refractivity contribution is -0.147. The topological polar surface area (TPSA) is 260 Å². The summed E-state index contributed by atoms with van der Waals surface area (Å²) in [4.78, 5) is 88.1. The van der Waals surface area contributed by atoms with Crippen LogP contribution in [-0.2, 0) is 33.6 Å². The Hall–Kier alpha value is -4.82. The Labute approximate surface area is 234 Å². The van der Waals surface area contributed by atoms with Gasteiger partial charge in [0.05, 0.1) is 13.0 Å². The molecule has 2 bridgehead atoms. The molecule has 0 spiro atoms. The second kappa shape index (κ2) is 13.5. The molecular formula is C26H32N6O9. The molecule has 0 aromatic heterocycles. The number of carboxylic acid groups (broad SMARTS) is 2. The van der Waals surface area contributed by atoms with Gasteiger partial charge in [-0.1, -0.05) is 11.6 Å². The second-order valence-corrected chi connectivity index (χ2v) is 9.87. The van der Waals surface area contributed by atoms with Gasteiger partial charge >= 0.3 is 11.9 Å². The van der Waals surface area contributed by atoms with Gasteiger partial charge in [-0.25, -0.2) is 4.79 Å². The second-order valence-electron chi connectivity index (χ2n) is 9.87. The SMILES string of the molecule is NC(N)=NCCC[C@H](NC(=O)CCC1=C[C@H]2C[C@@H]1C1=C2C(=O)C=CC1=O)C(=O)NCC(=O)N[C@@H](CC(=O)O)C(=O)O. The Morgan fingerprint density at radius 3 is 2.27 bits per heavy atom. The van der Waals surface area contributed by atoms with E-state index in [9.17, 15) is 33.6 Å². The van der Waals surface area contributed by atoms with E-state index in [-0.39, 0.29) is 48.7 Å². The molecule has 0 aliphatic heterocycles. The number of hydrogen-bond donors (Lipinski definition) is 7. The van der Waals surface area contributed by atoms with Gasteiger partial charge in [-0.15, -0.1) is 0 Å². The summed E-state index contributed by atoms with van der Waals surface area (Å²) in [6.07, 6.45) is 4.98. The third kappa shape index (κ3) is 8.09. The van der Waals surface area contributed by atoms with Gasteiger partial charge in [-0.2, -0.15) is 0 Å². The number of nitrogens with two attached hydrogens (primary N) is 2. The van der Waals surface area contributed by atoms with E-state index in [4.69, 9.17) is 21.7 Å². The summed E-state index contributed by atoms with van der Waals surface area (Å²) in [5, 5.41) is 24.8. The van der Waals surface area contributed by atoms with Gasteiger partial charge in [0.25, 0.3) is 0 Å². The van der Waals surface area contributed by atoms with Crippen molar-refractivity contribution in [3.05, 3.63) is 34.9 Å². The highest BCUT2D eigenvalue weighted by Crippen LogP contribution is 2.50. The van der Waals surface area contributed by atoms with Crippen LogP contribution in [0.25, 0.3) is 0 Å². The molecule has 0 saturated carbocycles. The Kier molecular flexibility index (Phi) is 10.1. The smallest absolute Gasteiger partial charge is 0.326 e. The maximum atomic E-state index is 12.8. The van der Waals surface area contributed by atoms with Crippen LogP contribution in [0.1, 0.15) is 38.5 Å². The van der Waals surface area contributed by atoms with Gasteiger partial charge in [-0.3, -0.25) is 33.8 Å². The lowest BCUT2D eigenvalue weighted by Crippen LogP contribution is -2.51. The monoisotopic (exact) mass is 572 g/mol. The molecule has 3 rings (SSSR count). The molecule has 4 atom stereocenters. The quantitative estimate of drug-likeness (QED) is 0.0373. The number of fused-ring (bicyclic) bond motifs is 4. The summed E-state index contributed by atoms with van der Waals surface area (Å²) in [7, 11) is 0. The van der Waals surface area contributed by atoms with E-state index in [2.05, 4.69) is 15.6 Å². The molecule has 0 aromatic rings. The van der Waals surface area contributed by atoms with E-state index in [0.29, 0.717) is 30.4 Å². The first-order valence-electron chi connectivity index (χ1n) is 12.9. The van der Waals surface area contributed by atoms with Crippen LogP contribution in [0.3, 0.4) is 0 Å². The predicted molar refractivity (Wildman–Crippen MR) is 142 cm³/mol. The molecule has 0 radical (unpaired) electrons. The van der Waals surface area contributed by atoms with Crippen LogP contribution in [0.2, 0.25) is 0 Å². The van der Waals surface area contributed by atoms with Crippen LogP contribution >= 0.6 is 0 Å². The molecule has 0 unspecified atom stereocenters. The van der Waals surface area contributed by atoms with Gasteiger partial charge in [-0.05, 0) is 37.8 Å². The molecule has 15 heteroatoms. The zero-order valence-electron chi connectivity index (χ0n) is 22.1. The Morgan fingerprint density at radius 2 is 1.63 bits per heavy atom. The number of ketones is 2. The van der Waals surface area contributed by atoms with E-state index < -0.39 is 54.7 Å². The zero-order chi connectivity index (χ0) is 30.3. The summed E-state index contributed by atoms with van der Waals surface area (Å²) in [5.74, 6) is -5.96. The lowest BCUT2D eigenvalue weighted by Gasteiger charge is -2.21. The molecule has 0 fully saturated rings. The fraction of sp³-hybridized carbons (Fsp3) is 0.462. The van der Waals surface area contributed by atoms with E-state index in [0.717, 1.165) is 5.57 Å². The van der Waals surface area contributed by atoms with Gasteiger partial charge in [0.1, 0.15) is 12.1 Å². The average Bonchev–Trinajstić information content (AvgIpc) is 3.49. The van der Waals surface area contributed by atoms with E-state index in [1.807, 2.05) is 11.4 Å². The number of carboxylic acids is 2. The predicted octanol–water partition coefficient (Wildman–Crippen LogP) is -1.95. The maximum absolute atomic E-state index is 12.8. The van der Waals surface area contributed by atoms with Crippen LogP contribution in [0.15, 0.2) is 39.9 Å². The first-order valence-corrected chi connectivity index (χ1v) is 12.9. The number of hydrogen-bond acceptors (Lipinski definition) is 8. The lowest BCUT2D eigenvalue weighted by atomic mass is 9.82. The van der Waals surface area contributed by atoms with Crippen molar-refractivity contribution < 1.29 is 43.8 Å². The first-order chi connectivity index (χ1) is 19.4. The molecule has 0 saturated heterocycles. The summed E-state index contributed by atoms with van der Waals surface area (Å²) >= 11 is 0. The highest BCUT2D eigenvalue weighted by Gasteiger charge is 2.45. The molecule has 0 heterocycles. The number of nitrogens with zero attached hydrogens (tertiary/aromatic N) is 1. The third-order valence-corrected chi connectivity index (χ3v) is 6.95. The van der Waals surface area contributed by atoms with E-state index in [1.54, 1.807) is 0 Å². The number of aliphatic imine (C=N–C) groups is 1. The van der Waals surface area contributed by atoms with E-state index in [1.165, 1.54) is 12.2 Å². The zero-order valence-corrected chi connectivity index (χ0v) is 22.1. The maximum Gasteiger partial charge on any atom is 0.326 e. The summed E-state index contributed by atoms with van der Waals surface area (Å²) in [6, 6.07) is -2.76. The van der Waals surface area contributed by atoms with Crippen LogP contribution in [0.5, 0.6) is 0 Å². The average molecular weight is 573 g/mol. The number of aliphatic carboxylic acids is 2. The van der Waals surface area contributed by atoms with Crippen molar-refractivity contribution in [2.75, 3.05) is 13.1 Å². The van der Waals surface area contributed by atoms with Gasteiger partial charge in [0, 0.05) is 35.9 Å². The van der Waals surface area contributed by atoms with Gasteiger partial charge in [0.15, 0.2) is 17.5 Å². The largest absolute Gasteiger partial charge is 0.481 e. The van der Waals surface area contributed by atoms with Crippen LogP contribution < -0.4 is 27.4 Å². The minimum atomic E-state index is -1.68. The highest BCUT2D eigenvalue weighted by atomic mass is 16.4. The molecule has 220 valence electrons. The van der Waals surface area contributed by atoms with Crippen LogP contribution in [-0.4, -0.2) is 82.6 Å². The number of nitrogens with one attached hydrogen (secondary N) is 3. The minimum absolute atomic E-state index is 0.00326. The van der Waals surface area contributed by atoms with Crippen molar-refractivity contribution in [3.63, 3.8) is 0 Å². The van der Waals surface area contributed by atoms with Crippen molar-refractivity contribution in [2.45, 2.75) is 50.6 Å². The van der Waals surface area contributed by atoms with Crippen LogP contribution in [0, 0.1) is 11.8 Å². The first kappa shape index (κ1) is 30.7. The number of carbonyl (C=O) groups is 7. The van der Waals surface area contributed by atoms with Crippen molar-refractivity contribution in [1.82, 2.24) is 16.0 Å². The Bertz CT molecular complexity index is 1280. The standard InChI is InChI=1S/C26H32N6O9/c27-26(28)29-7-1-2-15(24(39)30-11-20(36)32-16(25(40)41)10-21(37)38)31-19(35)6-3-12-8-13-9-14(12)23-18(34)5-4-17(33)22(13)23/h4-5,8,13-16H,1-3,6-7,9-11H2,(H,30,39)(H,31,35)(H,32,36)(H,37,38)(H,40,41)(H4,27,28,29)/t13-,14-,15-,16-/m0/s1. The Morgan fingerprint density at radius 1 is 0.976 bits per heavy atom. The normalized spacial score (nSPS) is 20.0. The molecule has 3 aliphatic rings. The summed E-state index contributed by atoms with van der Waals surface area (Å²) in [5.41, 5.74) is 12.5. The fourth-order valence-electron chi connectivity index (χ4n) is 5.16. The highest BCUT2D eigenvalue weighted by molar-refractivity contribution is 6.21. The van der Waals surface area contributed by atoms with Crippen molar-refractivity contribution in [1.29, 1.82) is 0 Å². The molecule has 3 amide bonds. The minimum Gasteiger partial charge on any atom is -0.481 e. The van der Waals surface area contributed by atoms with Crippen molar-refractivity contribution in [3.8, 4) is 0 Å². The van der Waals surface area contributed by atoms with Crippen molar-refractivity contribution in [2.24, 2.45) is 28.3 Å².